The van der Waals surface area contributed by atoms with E-state index in [2.05, 4.69) is 31.5 Å². The highest BCUT2D eigenvalue weighted by Gasteiger charge is 2.28. The molecule has 4 rings (SSSR count). The molecule has 126 valence electrons. The average Bonchev–Trinajstić information content (AvgIpc) is 3.36. The molecule has 0 atom stereocenters. The fraction of sp³-hybridized carbons (Fsp3) is 0.500. The molecular formula is C16H20N6OS. The van der Waals surface area contributed by atoms with Crippen LogP contribution >= 0.6 is 11.3 Å². The number of carbonyl (C=O) groups is 1. The van der Waals surface area contributed by atoms with E-state index in [9.17, 15) is 4.79 Å². The van der Waals surface area contributed by atoms with Crippen LogP contribution in [0.5, 0.6) is 0 Å². The summed E-state index contributed by atoms with van der Waals surface area (Å²) < 4.78 is 0. The van der Waals surface area contributed by atoms with Crippen molar-refractivity contribution in [2.45, 2.75) is 25.3 Å². The average molecular weight is 344 g/mol. The van der Waals surface area contributed by atoms with Crippen molar-refractivity contribution in [1.82, 2.24) is 25.0 Å². The number of piperazine rings is 1. The lowest BCUT2D eigenvalue weighted by Crippen LogP contribution is -2.49. The molecule has 1 aliphatic carbocycles. The molecule has 8 heteroatoms. The minimum atomic E-state index is -0.0745. The maximum absolute atomic E-state index is 12.4. The number of pyridine rings is 1. The summed E-state index contributed by atoms with van der Waals surface area (Å²) in [6, 6.07) is 3.96. The van der Waals surface area contributed by atoms with E-state index < -0.39 is 0 Å². The van der Waals surface area contributed by atoms with Gasteiger partial charge in [-0.25, -0.2) is 4.79 Å². The number of hydrogen-bond acceptors (Lipinski definition) is 6. The van der Waals surface area contributed by atoms with Crippen molar-refractivity contribution >= 4 is 22.5 Å². The molecule has 0 aromatic carbocycles. The molecule has 1 saturated carbocycles. The molecule has 3 heterocycles. The Morgan fingerprint density at radius 1 is 1.25 bits per heavy atom. The third-order valence-electron chi connectivity index (χ3n) is 4.37. The summed E-state index contributed by atoms with van der Waals surface area (Å²) in [4.78, 5) is 20.7. The van der Waals surface area contributed by atoms with Crippen LogP contribution in [0, 0.1) is 0 Å². The minimum Gasteiger partial charge on any atom is -0.322 e. The number of amides is 2. The van der Waals surface area contributed by atoms with Gasteiger partial charge in [0.15, 0.2) is 0 Å². The van der Waals surface area contributed by atoms with Crippen molar-refractivity contribution in [2.75, 3.05) is 31.5 Å². The Hall–Kier alpha value is -2.06. The van der Waals surface area contributed by atoms with Crippen molar-refractivity contribution < 1.29 is 4.79 Å². The Kier molecular flexibility index (Phi) is 4.40. The smallest absolute Gasteiger partial charge is 0.322 e. The van der Waals surface area contributed by atoms with Gasteiger partial charge in [0.25, 0.3) is 0 Å². The topological polar surface area (TPSA) is 74.2 Å². The van der Waals surface area contributed by atoms with Gasteiger partial charge in [0.05, 0.1) is 0 Å². The highest BCUT2D eigenvalue weighted by molar-refractivity contribution is 7.15. The van der Waals surface area contributed by atoms with E-state index >= 15 is 0 Å². The van der Waals surface area contributed by atoms with Gasteiger partial charge in [-0.15, -0.1) is 10.2 Å². The third kappa shape index (κ3) is 3.70. The first-order valence-electron chi connectivity index (χ1n) is 8.28. The molecule has 0 unspecified atom stereocenters. The number of urea groups is 1. The molecular weight excluding hydrogens is 324 g/mol. The summed E-state index contributed by atoms with van der Waals surface area (Å²) in [6.45, 7) is 4.06. The number of carbonyl (C=O) groups excluding carboxylic acids is 1. The van der Waals surface area contributed by atoms with E-state index in [1.165, 1.54) is 29.7 Å². The van der Waals surface area contributed by atoms with Crippen molar-refractivity contribution in [3.05, 3.63) is 35.1 Å². The van der Waals surface area contributed by atoms with Gasteiger partial charge in [-0.2, -0.15) is 0 Å². The Morgan fingerprint density at radius 2 is 2.08 bits per heavy atom. The van der Waals surface area contributed by atoms with Gasteiger partial charge in [-0.05, 0) is 24.5 Å². The van der Waals surface area contributed by atoms with Crippen molar-refractivity contribution in [1.29, 1.82) is 0 Å². The van der Waals surface area contributed by atoms with E-state index in [4.69, 9.17) is 0 Å². The molecule has 2 aromatic rings. The molecule has 24 heavy (non-hydrogen) atoms. The minimum absolute atomic E-state index is 0.0745. The molecule has 0 spiro atoms. The SMILES string of the molecule is O=C(Nc1nnc(C2CC2)s1)N1CCN(Cc2cccnc2)CC1. The standard InChI is InChI=1S/C16H20N6OS/c23-16(18-15-20-19-14(24-15)13-3-4-13)22-8-6-21(7-9-22)11-12-2-1-5-17-10-12/h1-2,5,10,13H,3-4,6-9,11H2,(H,18,20,23). The Morgan fingerprint density at radius 3 is 2.79 bits per heavy atom. The van der Waals surface area contributed by atoms with Crippen molar-refractivity contribution in [3.8, 4) is 0 Å². The zero-order valence-electron chi connectivity index (χ0n) is 13.4. The summed E-state index contributed by atoms with van der Waals surface area (Å²) in [5.74, 6) is 0.573. The maximum Gasteiger partial charge on any atom is 0.323 e. The number of rotatable bonds is 4. The predicted octanol–water partition coefficient (Wildman–Crippen LogP) is 2.16. The first kappa shape index (κ1) is 15.5. The second-order valence-corrected chi connectivity index (χ2v) is 7.28. The Bertz CT molecular complexity index is 694. The Labute approximate surface area is 144 Å². The zero-order chi connectivity index (χ0) is 16.4. The molecule has 1 saturated heterocycles. The van der Waals surface area contributed by atoms with Crippen LogP contribution in [0.2, 0.25) is 0 Å². The van der Waals surface area contributed by atoms with Crippen LogP contribution in [-0.2, 0) is 6.54 Å². The van der Waals surface area contributed by atoms with Gasteiger partial charge in [-0.3, -0.25) is 15.2 Å². The first-order valence-corrected chi connectivity index (χ1v) is 9.10. The predicted molar refractivity (Wildman–Crippen MR) is 92.0 cm³/mol. The summed E-state index contributed by atoms with van der Waals surface area (Å²) in [6.07, 6.45) is 6.07. The van der Waals surface area contributed by atoms with Gasteiger partial charge in [0.1, 0.15) is 5.01 Å². The molecule has 2 fully saturated rings. The molecule has 2 amide bonds. The second kappa shape index (κ2) is 6.82. The van der Waals surface area contributed by atoms with Crippen LogP contribution in [0.3, 0.4) is 0 Å². The molecule has 2 aliphatic rings. The first-order chi connectivity index (χ1) is 11.8. The molecule has 1 N–H and O–H groups in total. The molecule has 0 bridgehead atoms. The lowest BCUT2D eigenvalue weighted by Gasteiger charge is -2.34. The van der Waals surface area contributed by atoms with E-state index in [1.54, 1.807) is 6.20 Å². The van der Waals surface area contributed by atoms with Crippen LogP contribution < -0.4 is 5.32 Å². The largest absolute Gasteiger partial charge is 0.323 e. The van der Waals surface area contributed by atoms with E-state index in [1.807, 2.05) is 17.2 Å². The van der Waals surface area contributed by atoms with Gasteiger partial charge in [0, 0.05) is 51.0 Å². The number of hydrogen-bond donors (Lipinski definition) is 1. The van der Waals surface area contributed by atoms with E-state index in [0.29, 0.717) is 11.0 Å². The molecule has 0 radical (unpaired) electrons. The fourth-order valence-electron chi connectivity index (χ4n) is 2.81. The van der Waals surface area contributed by atoms with E-state index in [0.717, 1.165) is 37.7 Å². The van der Waals surface area contributed by atoms with Gasteiger partial charge in [-0.1, -0.05) is 17.4 Å². The van der Waals surface area contributed by atoms with Crippen LogP contribution in [-0.4, -0.2) is 57.2 Å². The summed E-state index contributed by atoms with van der Waals surface area (Å²) in [5.41, 5.74) is 1.21. The van der Waals surface area contributed by atoms with Crippen LogP contribution in [0.15, 0.2) is 24.5 Å². The molecule has 2 aromatic heterocycles. The number of anilines is 1. The van der Waals surface area contributed by atoms with Gasteiger partial charge < -0.3 is 4.90 Å². The van der Waals surface area contributed by atoms with Gasteiger partial charge >= 0.3 is 6.03 Å². The Balaban J connectivity index is 1.26. The van der Waals surface area contributed by atoms with Gasteiger partial charge in [0.2, 0.25) is 5.13 Å². The summed E-state index contributed by atoms with van der Waals surface area (Å²) >= 11 is 1.50. The lowest BCUT2D eigenvalue weighted by atomic mass is 10.2. The summed E-state index contributed by atoms with van der Waals surface area (Å²) in [5, 5.41) is 12.8. The fourth-order valence-corrected chi connectivity index (χ4v) is 3.71. The van der Waals surface area contributed by atoms with Crippen molar-refractivity contribution in [2.24, 2.45) is 0 Å². The highest BCUT2D eigenvalue weighted by Crippen LogP contribution is 2.42. The monoisotopic (exact) mass is 344 g/mol. The number of aromatic nitrogens is 3. The highest BCUT2D eigenvalue weighted by atomic mass is 32.1. The maximum atomic E-state index is 12.4. The van der Waals surface area contributed by atoms with E-state index in [-0.39, 0.29) is 6.03 Å². The molecule has 1 aliphatic heterocycles. The third-order valence-corrected chi connectivity index (χ3v) is 5.37. The summed E-state index contributed by atoms with van der Waals surface area (Å²) in [7, 11) is 0. The second-order valence-electron chi connectivity index (χ2n) is 6.27. The number of nitrogens with one attached hydrogen (secondary N) is 1. The number of nitrogens with zero attached hydrogens (tertiary/aromatic N) is 5. The quantitative estimate of drug-likeness (QED) is 0.920. The van der Waals surface area contributed by atoms with Crippen LogP contribution in [0.1, 0.15) is 29.3 Å². The lowest BCUT2D eigenvalue weighted by molar-refractivity contribution is 0.143. The molecule has 7 nitrogen and oxygen atoms in total. The zero-order valence-corrected chi connectivity index (χ0v) is 14.2. The van der Waals surface area contributed by atoms with Crippen LogP contribution in [0.4, 0.5) is 9.93 Å². The normalized spacial score (nSPS) is 18.6. The van der Waals surface area contributed by atoms with Crippen molar-refractivity contribution in [3.63, 3.8) is 0 Å². The van der Waals surface area contributed by atoms with Crippen LogP contribution in [0.25, 0.3) is 0 Å².